The summed E-state index contributed by atoms with van der Waals surface area (Å²) >= 11 is 0. The monoisotopic (exact) mass is 296 g/mol. The first-order valence-electron chi connectivity index (χ1n) is 7.48. The van der Waals surface area contributed by atoms with Crippen LogP contribution in [0.5, 0.6) is 0 Å². The van der Waals surface area contributed by atoms with Crippen LogP contribution in [0.4, 0.5) is 5.69 Å². The third-order valence-electron chi connectivity index (χ3n) is 2.17. The lowest BCUT2D eigenvalue weighted by Crippen LogP contribution is -1.86. The van der Waals surface area contributed by atoms with Gasteiger partial charge in [-0.05, 0) is 42.3 Å². The zero-order valence-electron chi connectivity index (χ0n) is 13.8. The van der Waals surface area contributed by atoms with Gasteiger partial charge in [-0.3, -0.25) is 4.79 Å². The van der Waals surface area contributed by atoms with Crippen LogP contribution in [0.2, 0.25) is 0 Å². The lowest BCUT2D eigenvalue weighted by Gasteiger charge is -1.93. The summed E-state index contributed by atoms with van der Waals surface area (Å²) in [4.78, 5) is 14.6. The fourth-order valence-electron chi connectivity index (χ4n) is 1.29. The average molecular weight is 296 g/mol. The van der Waals surface area contributed by atoms with Crippen molar-refractivity contribution >= 4 is 12.0 Å². The van der Waals surface area contributed by atoms with Gasteiger partial charge in [0.15, 0.2) is 0 Å². The number of anilines is 1. The number of hydrogen-bond donors (Lipinski definition) is 1. The second-order valence-corrected chi connectivity index (χ2v) is 4.17. The molecule has 0 aliphatic rings. The van der Waals surface area contributed by atoms with Gasteiger partial charge in [-0.2, -0.15) is 0 Å². The van der Waals surface area contributed by atoms with Crippen LogP contribution >= 0.6 is 0 Å². The molecule has 0 saturated heterocycles. The van der Waals surface area contributed by atoms with E-state index in [1.807, 2.05) is 26.0 Å². The molecule has 0 amide bonds. The van der Waals surface area contributed by atoms with Gasteiger partial charge in [-0.1, -0.05) is 40.0 Å². The van der Waals surface area contributed by atoms with Crippen molar-refractivity contribution in [3.8, 4) is 11.8 Å². The first-order valence-corrected chi connectivity index (χ1v) is 7.48. The number of hydrogen-bond acceptors (Lipinski definition) is 3. The molecular weight excluding hydrogens is 272 g/mol. The van der Waals surface area contributed by atoms with E-state index in [4.69, 9.17) is 5.73 Å². The van der Waals surface area contributed by atoms with Crippen LogP contribution in [-0.2, 0) is 0 Å². The highest BCUT2D eigenvalue weighted by atomic mass is 16.1. The molecule has 1 aromatic heterocycles. The Bertz CT molecular complexity index is 607. The number of nitrogen functional groups attached to an aromatic ring is 1. The minimum absolute atomic E-state index is 0.571. The normalized spacial score (nSPS) is 8.18. The molecule has 0 unspecified atom stereocenters. The lowest BCUT2D eigenvalue weighted by molar-refractivity contribution is 0.112. The van der Waals surface area contributed by atoms with E-state index in [0.717, 1.165) is 11.8 Å². The quantitative estimate of drug-likeness (QED) is 0.484. The second-order valence-electron chi connectivity index (χ2n) is 4.17. The maximum Gasteiger partial charge on any atom is 0.150 e. The largest absolute Gasteiger partial charge is 0.399 e. The third kappa shape index (κ3) is 7.86. The molecule has 0 aliphatic carbocycles. The third-order valence-corrected chi connectivity index (χ3v) is 2.17. The van der Waals surface area contributed by atoms with Gasteiger partial charge in [0.05, 0.1) is 0 Å². The molecule has 22 heavy (non-hydrogen) atoms. The maximum absolute atomic E-state index is 10.6. The smallest absolute Gasteiger partial charge is 0.150 e. The molecule has 3 heteroatoms. The van der Waals surface area contributed by atoms with Crippen molar-refractivity contribution in [1.29, 1.82) is 0 Å². The number of carbonyl (C=O) groups is 1. The van der Waals surface area contributed by atoms with Crippen LogP contribution in [0, 0.1) is 11.8 Å². The molecule has 1 aromatic carbocycles. The molecule has 0 saturated carbocycles. The van der Waals surface area contributed by atoms with Gasteiger partial charge in [0, 0.05) is 23.0 Å². The standard InChI is InChI=1S/C14H10N2O.C3H8.C2H6/c15-13-4-1-11(2-5-13)3-6-14-9-12(10-17)7-8-16-14;1-3-2;1-2/h1-2,4-5,7-10H,15H2;3H2,1-2H3;1-2H3. The molecule has 0 atom stereocenters. The summed E-state index contributed by atoms with van der Waals surface area (Å²) in [5.74, 6) is 5.85. The summed E-state index contributed by atoms with van der Waals surface area (Å²) in [6.07, 6.45) is 3.59. The molecule has 2 rings (SSSR count). The Balaban J connectivity index is 0.000000789. The first kappa shape index (κ1) is 19.4. The number of nitrogens with two attached hydrogens (primary N) is 1. The van der Waals surface area contributed by atoms with E-state index in [-0.39, 0.29) is 0 Å². The first-order chi connectivity index (χ1) is 10.7. The zero-order valence-corrected chi connectivity index (χ0v) is 13.8. The van der Waals surface area contributed by atoms with Gasteiger partial charge in [-0.25, -0.2) is 4.98 Å². The van der Waals surface area contributed by atoms with Crippen molar-refractivity contribution in [2.45, 2.75) is 34.1 Å². The van der Waals surface area contributed by atoms with E-state index in [0.29, 0.717) is 16.9 Å². The zero-order chi connectivity index (χ0) is 16.8. The fraction of sp³-hybridized carbons (Fsp3) is 0.263. The Morgan fingerprint density at radius 1 is 1.09 bits per heavy atom. The van der Waals surface area contributed by atoms with Crippen molar-refractivity contribution in [2.24, 2.45) is 0 Å². The van der Waals surface area contributed by atoms with Crippen molar-refractivity contribution in [3.63, 3.8) is 0 Å². The Labute approximate surface area is 133 Å². The van der Waals surface area contributed by atoms with Gasteiger partial charge in [0.2, 0.25) is 0 Å². The summed E-state index contributed by atoms with van der Waals surface area (Å²) in [5.41, 5.74) is 8.28. The number of aldehydes is 1. The summed E-state index contributed by atoms with van der Waals surface area (Å²) in [7, 11) is 0. The van der Waals surface area contributed by atoms with Gasteiger partial charge in [0.25, 0.3) is 0 Å². The summed E-state index contributed by atoms with van der Waals surface area (Å²) in [5, 5.41) is 0. The van der Waals surface area contributed by atoms with Crippen LogP contribution in [-0.4, -0.2) is 11.3 Å². The highest BCUT2D eigenvalue weighted by molar-refractivity contribution is 5.75. The minimum Gasteiger partial charge on any atom is -0.399 e. The van der Waals surface area contributed by atoms with Crippen LogP contribution in [0.1, 0.15) is 55.7 Å². The molecule has 0 fully saturated rings. The van der Waals surface area contributed by atoms with E-state index in [9.17, 15) is 4.79 Å². The van der Waals surface area contributed by atoms with E-state index in [2.05, 4.69) is 30.7 Å². The highest BCUT2D eigenvalue weighted by Crippen LogP contribution is 2.04. The summed E-state index contributed by atoms with van der Waals surface area (Å²) < 4.78 is 0. The molecular formula is C19H24N2O. The number of pyridine rings is 1. The topological polar surface area (TPSA) is 56.0 Å². The lowest BCUT2D eigenvalue weighted by atomic mass is 10.2. The molecule has 0 aliphatic heterocycles. The Kier molecular flexibility index (Phi) is 10.7. The Hall–Kier alpha value is -2.60. The molecule has 2 N–H and O–H groups in total. The van der Waals surface area contributed by atoms with E-state index in [1.54, 1.807) is 30.5 Å². The number of aromatic nitrogens is 1. The number of rotatable bonds is 1. The van der Waals surface area contributed by atoms with Gasteiger partial charge >= 0.3 is 0 Å². The molecule has 0 radical (unpaired) electrons. The van der Waals surface area contributed by atoms with Crippen LogP contribution in [0.3, 0.4) is 0 Å². The summed E-state index contributed by atoms with van der Waals surface area (Å²) in [6, 6.07) is 10.6. The van der Waals surface area contributed by atoms with Crippen molar-refractivity contribution in [3.05, 3.63) is 59.4 Å². The predicted octanol–water partition coefficient (Wildman–Crippen LogP) is 4.32. The molecule has 0 bridgehead atoms. The number of nitrogens with zero attached hydrogens (tertiary/aromatic N) is 1. The molecule has 3 nitrogen and oxygen atoms in total. The molecule has 2 aromatic rings. The Morgan fingerprint density at radius 3 is 2.23 bits per heavy atom. The van der Waals surface area contributed by atoms with Gasteiger partial charge in [-0.15, -0.1) is 0 Å². The average Bonchev–Trinajstić information content (AvgIpc) is 2.57. The van der Waals surface area contributed by atoms with Gasteiger partial charge in [0.1, 0.15) is 12.0 Å². The summed E-state index contributed by atoms with van der Waals surface area (Å²) in [6.45, 7) is 8.25. The van der Waals surface area contributed by atoms with Crippen LogP contribution in [0.15, 0.2) is 42.6 Å². The van der Waals surface area contributed by atoms with Crippen molar-refractivity contribution in [1.82, 2.24) is 4.98 Å². The number of carbonyl (C=O) groups excluding carboxylic acids is 1. The van der Waals surface area contributed by atoms with Crippen molar-refractivity contribution in [2.75, 3.05) is 5.73 Å². The minimum atomic E-state index is 0.571. The van der Waals surface area contributed by atoms with E-state index in [1.165, 1.54) is 6.42 Å². The fourth-order valence-corrected chi connectivity index (χ4v) is 1.29. The second kappa shape index (κ2) is 12.2. The highest BCUT2D eigenvalue weighted by Gasteiger charge is 1.92. The van der Waals surface area contributed by atoms with E-state index < -0.39 is 0 Å². The van der Waals surface area contributed by atoms with Gasteiger partial charge < -0.3 is 5.73 Å². The van der Waals surface area contributed by atoms with E-state index >= 15 is 0 Å². The SMILES string of the molecule is CC.CCC.Nc1ccc(C#Cc2cc(C=O)ccn2)cc1. The van der Waals surface area contributed by atoms with Crippen LogP contribution in [0.25, 0.3) is 0 Å². The molecule has 1 heterocycles. The molecule has 0 spiro atoms. The predicted molar refractivity (Wildman–Crippen MR) is 93.8 cm³/mol. The number of benzene rings is 1. The molecule has 116 valence electrons. The maximum atomic E-state index is 10.6. The Morgan fingerprint density at radius 2 is 1.68 bits per heavy atom. The van der Waals surface area contributed by atoms with Crippen molar-refractivity contribution < 1.29 is 4.79 Å². The van der Waals surface area contributed by atoms with Crippen LogP contribution < -0.4 is 5.73 Å².